The van der Waals surface area contributed by atoms with E-state index in [4.69, 9.17) is 21.9 Å². The number of nitrogens with two attached hydrogens (primary N) is 1. The molecule has 2 aromatic heterocycles. The maximum absolute atomic E-state index is 13.8. The molecule has 1 aromatic carbocycles. The van der Waals surface area contributed by atoms with Crippen LogP contribution in [-0.4, -0.2) is 10.1 Å². The van der Waals surface area contributed by atoms with Crippen molar-refractivity contribution >= 4 is 22.9 Å². The van der Waals surface area contributed by atoms with Crippen molar-refractivity contribution in [2.45, 2.75) is 12.5 Å². The molecule has 0 aliphatic heterocycles. The van der Waals surface area contributed by atoms with Gasteiger partial charge in [0.1, 0.15) is 11.9 Å². The zero-order valence-electron chi connectivity index (χ0n) is 10.8. The van der Waals surface area contributed by atoms with E-state index < -0.39 is 11.9 Å². The summed E-state index contributed by atoms with van der Waals surface area (Å²) in [7, 11) is 0. The van der Waals surface area contributed by atoms with E-state index in [1.165, 1.54) is 17.4 Å². The first kappa shape index (κ1) is 14.2. The van der Waals surface area contributed by atoms with Crippen LogP contribution in [0.2, 0.25) is 5.02 Å². The number of rotatable bonds is 4. The van der Waals surface area contributed by atoms with Gasteiger partial charge in [-0.15, -0.1) is 11.3 Å². The van der Waals surface area contributed by atoms with E-state index in [0.29, 0.717) is 17.3 Å². The van der Waals surface area contributed by atoms with Gasteiger partial charge in [-0.2, -0.15) is 4.98 Å². The minimum Gasteiger partial charge on any atom is -0.337 e. The molecule has 7 heteroatoms. The van der Waals surface area contributed by atoms with Gasteiger partial charge in [-0.25, -0.2) is 4.39 Å². The minimum atomic E-state index is -0.465. The topological polar surface area (TPSA) is 64.9 Å². The lowest BCUT2D eigenvalue weighted by Gasteiger charge is -2.02. The monoisotopic (exact) mass is 323 g/mol. The van der Waals surface area contributed by atoms with Crippen molar-refractivity contribution in [2.24, 2.45) is 5.73 Å². The Bertz CT molecular complexity index is 745. The fraction of sp³-hybridized carbons (Fsp3) is 0.143. The van der Waals surface area contributed by atoms with Crippen LogP contribution in [-0.2, 0) is 6.42 Å². The van der Waals surface area contributed by atoms with Crippen LogP contribution in [0.15, 0.2) is 40.2 Å². The molecule has 3 rings (SSSR count). The molecule has 0 amide bonds. The highest BCUT2D eigenvalue weighted by molar-refractivity contribution is 7.10. The Morgan fingerprint density at radius 1 is 1.33 bits per heavy atom. The molecule has 0 aliphatic rings. The van der Waals surface area contributed by atoms with E-state index in [1.807, 2.05) is 17.5 Å². The summed E-state index contributed by atoms with van der Waals surface area (Å²) in [5, 5.41) is 5.84. The highest BCUT2D eigenvalue weighted by Gasteiger charge is 2.18. The summed E-state index contributed by atoms with van der Waals surface area (Å²) in [6.45, 7) is 0. The molecule has 0 saturated carbocycles. The van der Waals surface area contributed by atoms with Crippen molar-refractivity contribution < 1.29 is 8.91 Å². The molecule has 0 fully saturated rings. The number of hydrogen-bond acceptors (Lipinski definition) is 5. The molecule has 3 aromatic rings. The standard InChI is InChI=1S/C14H11ClFN3OS/c15-9-4-1-3-8(12(9)16)7-11-18-14(20-19-11)13(17)10-5-2-6-21-10/h1-6,13H,7,17H2. The Morgan fingerprint density at radius 2 is 2.19 bits per heavy atom. The fourth-order valence-electron chi connectivity index (χ4n) is 1.91. The lowest BCUT2D eigenvalue weighted by Crippen LogP contribution is -2.10. The van der Waals surface area contributed by atoms with Crippen LogP contribution >= 0.6 is 22.9 Å². The van der Waals surface area contributed by atoms with Gasteiger partial charge in [0.2, 0.25) is 5.89 Å². The molecule has 4 nitrogen and oxygen atoms in total. The number of thiophene rings is 1. The summed E-state index contributed by atoms with van der Waals surface area (Å²) in [5.41, 5.74) is 6.46. The van der Waals surface area contributed by atoms with Gasteiger partial charge >= 0.3 is 0 Å². The summed E-state index contributed by atoms with van der Waals surface area (Å²) in [6.07, 6.45) is 0.201. The third-order valence-electron chi connectivity index (χ3n) is 2.98. The van der Waals surface area contributed by atoms with E-state index >= 15 is 0 Å². The van der Waals surface area contributed by atoms with Crippen LogP contribution in [0.1, 0.15) is 28.2 Å². The number of benzene rings is 1. The average Bonchev–Trinajstić information content (AvgIpc) is 3.15. The predicted molar refractivity (Wildman–Crippen MR) is 78.9 cm³/mol. The van der Waals surface area contributed by atoms with Crippen molar-refractivity contribution in [1.29, 1.82) is 0 Å². The maximum atomic E-state index is 13.8. The zero-order valence-corrected chi connectivity index (χ0v) is 12.4. The smallest absolute Gasteiger partial charge is 0.248 e. The largest absolute Gasteiger partial charge is 0.337 e. The van der Waals surface area contributed by atoms with Gasteiger partial charge in [-0.3, -0.25) is 0 Å². The van der Waals surface area contributed by atoms with Crippen molar-refractivity contribution in [3.8, 4) is 0 Å². The highest BCUT2D eigenvalue weighted by atomic mass is 35.5. The van der Waals surface area contributed by atoms with Gasteiger partial charge in [0.15, 0.2) is 5.82 Å². The summed E-state index contributed by atoms with van der Waals surface area (Å²) >= 11 is 7.26. The van der Waals surface area contributed by atoms with E-state index in [2.05, 4.69) is 10.1 Å². The Kier molecular flexibility index (Phi) is 4.01. The molecule has 2 N–H and O–H groups in total. The zero-order chi connectivity index (χ0) is 14.8. The predicted octanol–water partition coefficient (Wildman–Crippen LogP) is 3.56. The summed E-state index contributed by atoms with van der Waals surface area (Å²) in [6, 6.07) is 8.15. The normalized spacial score (nSPS) is 12.5. The quantitative estimate of drug-likeness (QED) is 0.797. The second-order valence-electron chi connectivity index (χ2n) is 4.43. The van der Waals surface area contributed by atoms with Gasteiger partial charge in [0, 0.05) is 11.3 Å². The summed E-state index contributed by atoms with van der Waals surface area (Å²) < 4.78 is 19.0. The second kappa shape index (κ2) is 5.93. The van der Waals surface area contributed by atoms with Crippen molar-refractivity contribution in [3.05, 3.63) is 68.7 Å². The highest BCUT2D eigenvalue weighted by Crippen LogP contribution is 2.24. The molecule has 0 aliphatic carbocycles. The van der Waals surface area contributed by atoms with Gasteiger partial charge in [-0.1, -0.05) is 35.0 Å². The first-order chi connectivity index (χ1) is 10.1. The number of halogens is 2. The molecule has 108 valence electrons. The molecule has 1 atom stereocenters. The van der Waals surface area contributed by atoms with Gasteiger partial charge in [0.25, 0.3) is 0 Å². The maximum Gasteiger partial charge on any atom is 0.248 e. The molecular weight excluding hydrogens is 313 g/mol. The Morgan fingerprint density at radius 3 is 2.95 bits per heavy atom. The summed E-state index contributed by atoms with van der Waals surface area (Å²) in [5.74, 6) is 0.223. The van der Waals surface area contributed by atoms with Gasteiger partial charge in [-0.05, 0) is 23.1 Å². The molecule has 1 unspecified atom stereocenters. The lowest BCUT2D eigenvalue weighted by molar-refractivity contribution is 0.364. The van der Waals surface area contributed by atoms with Crippen LogP contribution < -0.4 is 5.73 Å². The Balaban J connectivity index is 1.81. The third kappa shape index (κ3) is 2.97. The van der Waals surface area contributed by atoms with E-state index in [1.54, 1.807) is 12.1 Å². The van der Waals surface area contributed by atoms with Crippen LogP contribution in [0.5, 0.6) is 0 Å². The minimum absolute atomic E-state index is 0.0755. The summed E-state index contributed by atoms with van der Waals surface area (Å²) in [4.78, 5) is 5.16. The molecule has 0 saturated heterocycles. The molecular formula is C14H11ClFN3OS. The van der Waals surface area contributed by atoms with E-state index in [9.17, 15) is 4.39 Å². The first-order valence-corrected chi connectivity index (χ1v) is 7.45. The van der Waals surface area contributed by atoms with Crippen LogP contribution in [0.4, 0.5) is 4.39 Å². The van der Waals surface area contributed by atoms with Crippen LogP contribution in [0.3, 0.4) is 0 Å². The van der Waals surface area contributed by atoms with Crippen LogP contribution in [0, 0.1) is 5.82 Å². The number of aromatic nitrogens is 2. The van der Waals surface area contributed by atoms with Gasteiger partial charge in [0.05, 0.1) is 5.02 Å². The number of nitrogens with zero attached hydrogens (tertiary/aromatic N) is 2. The van der Waals surface area contributed by atoms with Crippen molar-refractivity contribution in [1.82, 2.24) is 10.1 Å². The van der Waals surface area contributed by atoms with E-state index in [0.717, 1.165) is 4.88 Å². The van der Waals surface area contributed by atoms with E-state index in [-0.39, 0.29) is 11.4 Å². The Labute approximate surface area is 129 Å². The van der Waals surface area contributed by atoms with Crippen LogP contribution in [0.25, 0.3) is 0 Å². The fourth-order valence-corrected chi connectivity index (χ4v) is 2.82. The SMILES string of the molecule is NC(c1nc(Cc2cccc(Cl)c2F)no1)c1cccs1. The third-order valence-corrected chi connectivity index (χ3v) is 4.23. The number of hydrogen-bond donors (Lipinski definition) is 1. The average molecular weight is 324 g/mol. The lowest BCUT2D eigenvalue weighted by atomic mass is 10.1. The van der Waals surface area contributed by atoms with Gasteiger partial charge < -0.3 is 10.3 Å². The molecule has 21 heavy (non-hydrogen) atoms. The van der Waals surface area contributed by atoms with Crippen molar-refractivity contribution in [3.63, 3.8) is 0 Å². The second-order valence-corrected chi connectivity index (χ2v) is 5.82. The molecule has 0 radical (unpaired) electrons. The molecule has 0 spiro atoms. The van der Waals surface area contributed by atoms with Crippen molar-refractivity contribution in [2.75, 3.05) is 0 Å². The molecule has 2 heterocycles. The Hall–Kier alpha value is -1.76. The molecule has 0 bridgehead atoms. The first-order valence-electron chi connectivity index (χ1n) is 6.19.